The number of hydrogen-bond donors (Lipinski definition) is 1. The van der Waals surface area contributed by atoms with Gasteiger partial charge in [0.1, 0.15) is 6.67 Å². The number of rotatable bonds is 4. The quantitative estimate of drug-likeness (QED) is 0.683. The maximum atomic E-state index is 11.8. The van der Waals surface area contributed by atoms with E-state index in [0.717, 1.165) is 19.4 Å². The van der Waals surface area contributed by atoms with Crippen molar-refractivity contribution in [3.63, 3.8) is 0 Å². The van der Waals surface area contributed by atoms with Crippen LogP contribution in [0.25, 0.3) is 0 Å². The number of hydrogen-bond acceptors (Lipinski definition) is 3. The largest absolute Gasteiger partial charge is 0.348 e. The fourth-order valence-corrected chi connectivity index (χ4v) is 1.59. The molecule has 1 heterocycles. The van der Waals surface area contributed by atoms with Crippen LogP contribution in [-0.4, -0.2) is 49.4 Å². The molecule has 4 nitrogen and oxygen atoms in total. The van der Waals surface area contributed by atoms with Gasteiger partial charge in [0.15, 0.2) is 5.78 Å². The summed E-state index contributed by atoms with van der Waals surface area (Å²) in [6.07, 6.45) is 1.80. The first-order valence-electron chi connectivity index (χ1n) is 4.70. The molecule has 1 fully saturated rings. The van der Waals surface area contributed by atoms with Crippen molar-refractivity contribution in [2.75, 3.05) is 26.8 Å². The Bertz CT molecular complexity index is 233. The second-order valence-electron chi connectivity index (χ2n) is 3.53. The Morgan fingerprint density at radius 2 is 2.29 bits per heavy atom. The molecule has 14 heavy (non-hydrogen) atoms. The zero-order valence-corrected chi connectivity index (χ0v) is 8.25. The lowest BCUT2D eigenvalue weighted by molar-refractivity contribution is -0.128. The first-order chi connectivity index (χ1) is 6.65. The molecule has 0 saturated carbocycles. The average molecular weight is 202 g/mol. The smallest absolute Gasteiger partial charge is 0.237 e. The van der Waals surface area contributed by atoms with Gasteiger partial charge in [0.25, 0.3) is 0 Å². The van der Waals surface area contributed by atoms with E-state index in [2.05, 4.69) is 5.32 Å². The molecule has 0 bridgehead atoms. The SMILES string of the molecule is CN1CCCC1C(=O)NCC(=O)CF. The van der Waals surface area contributed by atoms with Crippen LogP contribution < -0.4 is 5.32 Å². The van der Waals surface area contributed by atoms with Crippen molar-refractivity contribution in [1.29, 1.82) is 0 Å². The summed E-state index contributed by atoms with van der Waals surface area (Å²) in [5.74, 6) is -0.759. The minimum absolute atomic E-state index is 0.151. The van der Waals surface area contributed by atoms with Gasteiger partial charge in [0, 0.05) is 0 Å². The van der Waals surface area contributed by atoms with Gasteiger partial charge in [-0.15, -0.1) is 0 Å². The molecule has 0 aromatic heterocycles. The molecule has 1 unspecified atom stereocenters. The number of likely N-dealkylation sites (tertiary alicyclic amines) is 1. The van der Waals surface area contributed by atoms with E-state index < -0.39 is 12.5 Å². The Balaban J connectivity index is 2.31. The number of nitrogens with zero attached hydrogens (tertiary/aromatic N) is 1. The molecule has 0 spiro atoms. The molecule has 0 aromatic rings. The molecule has 0 aromatic carbocycles. The number of ketones is 1. The molecule has 0 aliphatic carbocycles. The van der Waals surface area contributed by atoms with Gasteiger partial charge in [-0.05, 0) is 26.4 Å². The van der Waals surface area contributed by atoms with E-state index >= 15 is 0 Å². The zero-order chi connectivity index (χ0) is 10.6. The van der Waals surface area contributed by atoms with Gasteiger partial charge in [-0.25, -0.2) is 4.39 Å². The summed E-state index contributed by atoms with van der Waals surface area (Å²) < 4.78 is 11.8. The van der Waals surface area contributed by atoms with E-state index in [0.29, 0.717) is 0 Å². The first kappa shape index (κ1) is 11.1. The molecule has 80 valence electrons. The highest BCUT2D eigenvalue weighted by Gasteiger charge is 2.27. The van der Waals surface area contributed by atoms with Crippen LogP contribution in [0.1, 0.15) is 12.8 Å². The molecule has 1 rings (SSSR count). The van der Waals surface area contributed by atoms with Gasteiger partial charge >= 0.3 is 0 Å². The van der Waals surface area contributed by atoms with E-state index in [-0.39, 0.29) is 18.5 Å². The van der Waals surface area contributed by atoms with Crippen LogP contribution in [0.5, 0.6) is 0 Å². The number of nitrogens with one attached hydrogen (secondary N) is 1. The second kappa shape index (κ2) is 5.05. The van der Waals surface area contributed by atoms with Crippen LogP contribution in [0.3, 0.4) is 0 Å². The molecular weight excluding hydrogens is 187 g/mol. The molecule has 1 aliphatic heterocycles. The topological polar surface area (TPSA) is 49.4 Å². The Kier molecular flexibility index (Phi) is 4.00. The summed E-state index contributed by atoms with van der Waals surface area (Å²) in [5, 5.41) is 2.44. The number of alkyl halides is 1. The number of likely N-dealkylation sites (N-methyl/N-ethyl adjacent to an activating group) is 1. The summed E-state index contributed by atoms with van der Waals surface area (Å²) in [4.78, 5) is 24.0. The van der Waals surface area contributed by atoms with E-state index in [1.807, 2.05) is 11.9 Å². The Morgan fingerprint density at radius 1 is 1.57 bits per heavy atom. The molecule has 1 aliphatic rings. The van der Waals surface area contributed by atoms with E-state index in [4.69, 9.17) is 0 Å². The summed E-state index contributed by atoms with van der Waals surface area (Å²) >= 11 is 0. The first-order valence-corrected chi connectivity index (χ1v) is 4.70. The highest BCUT2D eigenvalue weighted by atomic mass is 19.1. The number of carbonyl (C=O) groups is 2. The Labute approximate surface area is 82.5 Å². The third kappa shape index (κ3) is 2.77. The number of carbonyl (C=O) groups excluding carboxylic acids is 2. The molecule has 0 radical (unpaired) electrons. The summed E-state index contributed by atoms with van der Waals surface area (Å²) in [5.41, 5.74) is 0. The molecule has 1 atom stereocenters. The van der Waals surface area contributed by atoms with Crippen LogP contribution in [0.15, 0.2) is 0 Å². The number of Topliss-reactive ketones (excluding diaryl/α,β-unsaturated/α-hetero) is 1. The van der Waals surface area contributed by atoms with Crippen LogP contribution in [0.2, 0.25) is 0 Å². The van der Waals surface area contributed by atoms with Crippen LogP contribution in [-0.2, 0) is 9.59 Å². The lowest BCUT2D eigenvalue weighted by Crippen LogP contribution is -2.43. The molecule has 1 N–H and O–H groups in total. The van der Waals surface area contributed by atoms with Gasteiger partial charge < -0.3 is 5.32 Å². The second-order valence-corrected chi connectivity index (χ2v) is 3.53. The highest BCUT2D eigenvalue weighted by Crippen LogP contribution is 2.14. The molecular formula is C9H15FN2O2. The maximum Gasteiger partial charge on any atom is 0.237 e. The minimum atomic E-state index is -1.01. The summed E-state index contributed by atoms with van der Waals surface area (Å²) in [7, 11) is 1.87. The van der Waals surface area contributed by atoms with E-state index in [1.54, 1.807) is 0 Å². The lowest BCUT2D eigenvalue weighted by Gasteiger charge is -2.17. The normalized spacial score (nSPS) is 22.3. The fourth-order valence-electron chi connectivity index (χ4n) is 1.59. The molecule has 1 saturated heterocycles. The van der Waals surface area contributed by atoms with Gasteiger partial charge in [-0.3, -0.25) is 14.5 Å². The number of amides is 1. The van der Waals surface area contributed by atoms with Gasteiger partial charge in [-0.1, -0.05) is 0 Å². The van der Waals surface area contributed by atoms with Crippen LogP contribution in [0.4, 0.5) is 4.39 Å². The van der Waals surface area contributed by atoms with Crippen molar-refractivity contribution in [3.8, 4) is 0 Å². The third-order valence-corrected chi connectivity index (χ3v) is 2.43. The standard InChI is InChI=1S/C9H15FN2O2/c1-12-4-2-3-8(12)9(14)11-6-7(13)5-10/h8H,2-6H2,1H3,(H,11,14). The lowest BCUT2D eigenvalue weighted by atomic mass is 10.2. The van der Waals surface area contributed by atoms with Crippen molar-refractivity contribution >= 4 is 11.7 Å². The van der Waals surface area contributed by atoms with Crippen molar-refractivity contribution < 1.29 is 14.0 Å². The Morgan fingerprint density at radius 3 is 2.79 bits per heavy atom. The Hall–Kier alpha value is -0.970. The van der Waals surface area contributed by atoms with Gasteiger partial charge in [0.05, 0.1) is 12.6 Å². The van der Waals surface area contributed by atoms with Crippen molar-refractivity contribution in [2.45, 2.75) is 18.9 Å². The highest BCUT2D eigenvalue weighted by molar-refractivity contribution is 5.88. The van der Waals surface area contributed by atoms with Crippen molar-refractivity contribution in [1.82, 2.24) is 10.2 Å². The third-order valence-electron chi connectivity index (χ3n) is 2.43. The van der Waals surface area contributed by atoms with Crippen LogP contribution in [0, 0.1) is 0 Å². The molecule has 5 heteroatoms. The number of halogens is 1. The van der Waals surface area contributed by atoms with Gasteiger partial charge in [-0.2, -0.15) is 0 Å². The average Bonchev–Trinajstić information content (AvgIpc) is 2.60. The van der Waals surface area contributed by atoms with Gasteiger partial charge in [0.2, 0.25) is 5.91 Å². The van der Waals surface area contributed by atoms with Crippen molar-refractivity contribution in [3.05, 3.63) is 0 Å². The monoisotopic (exact) mass is 202 g/mol. The zero-order valence-electron chi connectivity index (χ0n) is 8.25. The van der Waals surface area contributed by atoms with Crippen LogP contribution >= 0.6 is 0 Å². The van der Waals surface area contributed by atoms with E-state index in [1.165, 1.54) is 0 Å². The fraction of sp³-hybridized carbons (Fsp3) is 0.778. The predicted octanol–water partition coefficient (Wildman–Crippen LogP) is -0.265. The van der Waals surface area contributed by atoms with Crippen molar-refractivity contribution in [2.24, 2.45) is 0 Å². The summed E-state index contributed by atoms with van der Waals surface area (Å²) in [6.45, 7) is -0.310. The maximum absolute atomic E-state index is 11.8. The molecule has 1 amide bonds. The predicted molar refractivity (Wildman–Crippen MR) is 49.6 cm³/mol. The minimum Gasteiger partial charge on any atom is -0.348 e. The van der Waals surface area contributed by atoms with E-state index in [9.17, 15) is 14.0 Å². The summed E-state index contributed by atoms with van der Waals surface area (Å²) in [6, 6.07) is -0.151.